The van der Waals surface area contributed by atoms with Crippen molar-refractivity contribution in [1.29, 1.82) is 0 Å². The lowest BCUT2D eigenvalue weighted by Crippen LogP contribution is -2.17. The molecule has 0 aliphatic heterocycles. The second kappa shape index (κ2) is 5.20. The van der Waals surface area contributed by atoms with Gasteiger partial charge in [0.05, 0.1) is 0 Å². The third kappa shape index (κ3) is 3.13. The Morgan fingerprint density at radius 3 is 2.93 bits per heavy atom. The summed E-state index contributed by atoms with van der Waals surface area (Å²) in [6.07, 6.45) is 0. The number of alkyl halides is 1. The zero-order valence-corrected chi connectivity index (χ0v) is 8.20. The minimum absolute atomic E-state index is 0.115. The van der Waals surface area contributed by atoms with Crippen molar-refractivity contribution in [2.24, 2.45) is 5.16 Å². The molecule has 0 saturated carbocycles. The zero-order valence-electron chi connectivity index (χ0n) is 7.38. The number of hydrogen-bond donors (Lipinski definition) is 2. The molecule has 82 valence electrons. The van der Waals surface area contributed by atoms with Gasteiger partial charge >= 0.3 is 5.97 Å². The summed E-state index contributed by atoms with van der Waals surface area (Å²) < 4.78 is 15.3. The van der Waals surface area contributed by atoms with E-state index in [1.165, 1.54) is 0 Å². The van der Waals surface area contributed by atoms with E-state index < -0.39 is 18.4 Å². The highest BCUT2D eigenvalue weighted by Crippen LogP contribution is 2.07. The minimum Gasteiger partial charge on any atom is -0.476 e. The molecule has 9 heteroatoms. The third-order valence-electron chi connectivity index (χ3n) is 1.18. The summed E-state index contributed by atoms with van der Waals surface area (Å²) in [6, 6.07) is 0. The summed E-state index contributed by atoms with van der Waals surface area (Å²) in [5.74, 6) is -1.52. The van der Waals surface area contributed by atoms with E-state index in [0.717, 1.165) is 11.5 Å². The number of carboxylic acids is 1. The number of oxime groups is 1. The average molecular weight is 234 g/mol. The van der Waals surface area contributed by atoms with Crippen molar-refractivity contribution in [2.45, 2.75) is 0 Å². The molecule has 0 aliphatic carbocycles. The zero-order chi connectivity index (χ0) is 11.3. The molecule has 0 saturated heterocycles. The number of anilines is 1. The summed E-state index contributed by atoms with van der Waals surface area (Å²) in [4.78, 5) is 18.7. The molecule has 1 aromatic heterocycles. The Morgan fingerprint density at radius 2 is 2.47 bits per heavy atom. The Labute approximate surface area is 87.5 Å². The number of nitrogens with two attached hydrogens (primary N) is 1. The van der Waals surface area contributed by atoms with Gasteiger partial charge in [-0.3, -0.25) is 0 Å². The molecule has 0 radical (unpaired) electrons. The minimum atomic E-state index is -1.37. The standard InChI is InChI=1S/C6H7FN4O3S/c7-1-2-14-10-3(5(12)13)4-9-6(8)15-11-4/h1-2H2,(H,12,13)(H2,8,9,11). The molecule has 0 unspecified atom stereocenters. The molecule has 15 heavy (non-hydrogen) atoms. The summed E-state index contributed by atoms with van der Waals surface area (Å²) in [6.45, 7) is -1.08. The van der Waals surface area contributed by atoms with Crippen LogP contribution in [0.1, 0.15) is 5.82 Å². The van der Waals surface area contributed by atoms with Crippen molar-refractivity contribution in [1.82, 2.24) is 9.36 Å². The smallest absolute Gasteiger partial charge is 0.362 e. The lowest BCUT2D eigenvalue weighted by Gasteiger charge is -1.96. The Balaban J connectivity index is 2.83. The van der Waals surface area contributed by atoms with Gasteiger partial charge < -0.3 is 15.7 Å². The molecule has 0 aromatic carbocycles. The first-order chi connectivity index (χ1) is 7.15. The first-order valence-corrected chi connectivity index (χ1v) is 4.51. The predicted octanol–water partition coefficient (Wildman–Crippen LogP) is -0.105. The number of nitrogens with zero attached hydrogens (tertiary/aromatic N) is 3. The van der Waals surface area contributed by atoms with E-state index in [1.807, 2.05) is 0 Å². The van der Waals surface area contributed by atoms with Crippen molar-refractivity contribution in [2.75, 3.05) is 19.0 Å². The fraction of sp³-hybridized carbons (Fsp3) is 0.333. The Morgan fingerprint density at radius 1 is 1.73 bits per heavy atom. The van der Waals surface area contributed by atoms with E-state index in [-0.39, 0.29) is 17.6 Å². The van der Waals surface area contributed by atoms with Gasteiger partial charge in [0.2, 0.25) is 11.5 Å². The van der Waals surface area contributed by atoms with Gasteiger partial charge in [-0.2, -0.15) is 9.36 Å². The lowest BCUT2D eigenvalue weighted by atomic mass is 10.4. The molecule has 0 amide bonds. The van der Waals surface area contributed by atoms with Crippen molar-refractivity contribution in [3.8, 4) is 0 Å². The maximum atomic E-state index is 11.7. The van der Waals surface area contributed by atoms with Crippen LogP contribution in [0, 0.1) is 0 Å². The van der Waals surface area contributed by atoms with Crippen LogP contribution < -0.4 is 5.73 Å². The summed E-state index contributed by atoms with van der Waals surface area (Å²) in [5.41, 5.74) is 4.76. The van der Waals surface area contributed by atoms with Gasteiger partial charge in [-0.05, 0) is 0 Å². The Bertz CT molecular complexity index is 380. The van der Waals surface area contributed by atoms with E-state index in [1.54, 1.807) is 0 Å². The maximum absolute atomic E-state index is 11.7. The van der Waals surface area contributed by atoms with E-state index >= 15 is 0 Å². The largest absolute Gasteiger partial charge is 0.476 e. The fourth-order valence-corrected chi connectivity index (χ4v) is 1.09. The van der Waals surface area contributed by atoms with E-state index in [0.29, 0.717) is 0 Å². The molecule has 0 fully saturated rings. The molecule has 0 bridgehead atoms. The molecular formula is C6H7FN4O3S. The molecule has 7 nitrogen and oxygen atoms in total. The molecule has 0 spiro atoms. The molecule has 1 rings (SSSR count). The topological polar surface area (TPSA) is 111 Å². The van der Waals surface area contributed by atoms with E-state index in [2.05, 4.69) is 19.4 Å². The van der Waals surface area contributed by atoms with Gasteiger partial charge in [-0.15, -0.1) is 0 Å². The second-order valence-corrected chi connectivity index (χ2v) is 3.01. The summed E-state index contributed by atoms with van der Waals surface area (Å²) in [7, 11) is 0. The number of carbonyl (C=O) groups is 1. The number of hydrogen-bond acceptors (Lipinski definition) is 7. The summed E-state index contributed by atoms with van der Waals surface area (Å²) in [5, 5.41) is 12.0. The van der Waals surface area contributed by atoms with Crippen LogP contribution in [0.5, 0.6) is 0 Å². The molecule has 3 N–H and O–H groups in total. The second-order valence-electron chi connectivity index (χ2n) is 2.22. The number of aromatic nitrogens is 2. The van der Waals surface area contributed by atoms with Gasteiger partial charge in [0.25, 0.3) is 0 Å². The van der Waals surface area contributed by atoms with Gasteiger partial charge in [0.15, 0.2) is 5.13 Å². The molecule has 0 aliphatic rings. The van der Waals surface area contributed by atoms with E-state index in [4.69, 9.17) is 10.8 Å². The number of aliphatic carboxylic acids is 1. The van der Waals surface area contributed by atoms with Crippen LogP contribution in [0.25, 0.3) is 0 Å². The lowest BCUT2D eigenvalue weighted by molar-refractivity contribution is -0.129. The highest BCUT2D eigenvalue weighted by molar-refractivity contribution is 7.09. The summed E-state index contributed by atoms with van der Waals surface area (Å²) >= 11 is 0.832. The maximum Gasteiger partial charge on any atom is 0.362 e. The predicted molar refractivity (Wildman–Crippen MR) is 50.4 cm³/mol. The van der Waals surface area contributed by atoms with Gasteiger partial charge in [0.1, 0.15) is 13.3 Å². The third-order valence-corrected chi connectivity index (χ3v) is 1.72. The Hall–Kier alpha value is -1.77. The van der Waals surface area contributed by atoms with Gasteiger partial charge in [-0.1, -0.05) is 5.16 Å². The van der Waals surface area contributed by atoms with Crippen LogP contribution in [0.3, 0.4) is 0 Å². The number of nitrogen functional groups attached to an aromatic ring is 1. The van der Waals surface area contributed by atoms with Crippen molar-refractivity contribution >= 4 is 28.3 Å². The molecule has 1 aromatic rings. The fourth-order valence-electron chi connectivity index (χ4n) is 0.652. The van der Waals surface area contributed by atoms with Crippen LogP contribution in [0.15, 0.2) is 5.16 Å². The molecular weight excluding hydrogens is 227 g/mol. The first kappa shape index (κ1) is 11.3. The Kier molecular flexibility index (Phi) is 3.92. The first-order valence-electron chi connectivity index (χ1n) is 3.74. The number of halogens is 1. The van der Waals surface area contributed by atoms with Gasteiger partial charge in [0, 0.05) is 11.5 Å². The SMILES string of the molecule is Nc1nc(C(=NOCCF)C(=O)O)ns1. The monoisotopic (exact) mass is 234 g/mol. The van der Waals surface area contributed by atoms with Gasteiger partial charge in [-0.25, -0.2) is 9.18 Å². The van der Waals surface area contributed by atoms with Crippen molar-refractivity contribution in [3.63, 3.8) is 0 Å². The number of carboxylic acid groups (broad SMARTS) is 1. The molecule has 1 heterocycles. The van der Waals surface area contributed by atoms with Crippen LogP contribution in [0.2, 0.25) is 0 Å². The van der Waals surface area contributed by atoms with Crippen molar-refractivity contribution < 1.29 is 19.1 Å². The van der Waals surface area contributed by atoms with Crippen LogP contribution in [-0.2, 0) is 9.63 Å². The normalized spacial score (nSPS) is 11.4. The number of rotatable bonds is 5. The quantitative estimate of drug-likeness (QED) is 0.418. The highest BCUT2D eigenvalue weighted by Gasteiger charge is 2.18. The van der Waals surface area contributed by atoms with Crippen LogP contribution in [-0.4, -0.2) is 39.4 Å². The van der Waals surface area contributed by atoms with E-state index in [9.17, 15) is 9.18 Å². The van der Waals surface area contributed by atoms with Crippen LogP contribution >= 0.6 is 11.5 Å². The van der Waals surface area contributed by atoms with Crippen molar-refractivity contribution in [3.05, 3.63) is 5.82 Å². The average Bonchev–Trinajstić information content (AvgIpc) is 2.59. The highest BCUT2D eigenvalue weighted by atomic mass is 32.1. The molecule has 0 atom stereocenters. The van der Waals surface area contributed by atoms with Crippen LogP contribution in [0.4, 0.5) is 9.52 Å².